The van der Waals surface area contributed by atoms with Gasteiger partial charge in [0.15, 0.2) is 0 Å². The number of anilines is 3. The molecule has 220 valence electrons. The van der Waals surface area contributed by atoms with E-state index < -0.39 is 29.4 Å². The number of para-hydroxylation sites is 1. The average molecular weight is 591 g/mol. The molecule has 43 heavy (non-hydrogen) atoms. The summed E-state index contributed by atoms with van der Waals surface area (Å²) in [5.74, 6) is -1.85. The van der Waals surface area contributed by atoms with E-state index in [-0.39, 0.29) is 39.9 Å². The van der Waals surface area contributed by atoms with E-state index in [1.807, 2.05) is 6.07 Å². The van der Waals surface area contributed by atoms with Crippen molar-refractivity contribution in [1.82, 2.24) is 4.57 Å². The molecular formula is C32H26F4N4O3. The maximum absolute atomic E-state index is 14.2. The summed E-state index contributed by atoms with van der Waals surface area (Å²) >= 11 is 0. The molecule has 2 atom stereocenters. The zero-order valence-corrected chi connectivity index (χ0v) is 22.7. The van der Waals surface area contributed by atoms with Crippen LogP contribution in [0.3, 0.4) is 0 Å². The van der Waals surface area contributed by atoms with Crippen LogP contribution in [-0.4, -0.2) is 29.5 Å². The molecule has 1 aromatic heterocycles. The van der Waals surface area contributed by atoms with Crippen molar-refractivity contribution in [1.29, 1.82) is 0 Å². The number of amides is 2. The minimum absolute atomic E-state index is 0.0242. The average Bonchev–Trinajstić information content (AvgIpc) is 2.98. The lowest BCUT2D eigenvalue weighted by Gasteiger charge is -2.44. The standard InChI is InChI=1S/C32H26F4N4O3/c33-24-7-1-2-8-25(24)37-31(43)21-11-12-28(26(15-21)38-30(42)20-5-3-6-23(14-20)32(34,35)36)39-16-19-13-22(18-39)27-9-4-10-29(41)40(27)17-19/h1-12,14-15,19,22H,13,16-18H2,(H,37,43)(H,38,42)/t19-,22+/m1/s1. The van der Waals surface area contributed by atoms with Gasteiger partial charge in [-0.05, 0) is 66.9 Å². The van der Waals surface area contributed by atoms with Crippen molar-refractivity contribution in [2.75, 3.05) is 28.6 Å². The van der Waals surface area contributed by atoms with E-state index in [4.69, 9.17) is 0 Å². The number of rotatable bonds is 5. The lowest BCUT2D eigenvalue weighted by molar-refractivity contribution is -0.137. The Kier molecular flexibility index (Phi) is 7.25. The Morgan fingerprint density at radius 1 is 0.767 bits per heavy atom. The summed E-state index contributed by atoms with van der Waals surface area (Å²) in [6.07, 6.45) is -3.75. The number of nitrogens with one attached hydrogen (secondary N) is 2. The minimum atomic E-state index is -4.63. The topological polar surface area (TPSA) is 83.4 Å². The molecule has 2 bridgehead atoms. The van der Waals surface area contributed by atoms with Crippen molar-refractivity contribution in [3.63, 3.8) is 0 Å². The summed E-state index contributed by atoms with van der Waals surface area (Å²) < 4.78 is 56.0. The van der Waals surface area contributed by atoms with Gasteiger partial charge < -0.3 is 20.1 Å². The second kappa shape index (κ2) is 11.0. The zero-order valence-electron chi connectivity index (χ0n) is 22.7. The number of carbonyl (C=O) groups excluding carboxylic acids is 2. The Labute approximate surface area is 243 Å². The fourth-order valence-electron chi connectivity index (χ4n) is 5.93. The molecule has 1 fully saturated rings. The maximum atomic E-state index is 14.2. The van der Waals surface area contributed by atoms with Crippen LogP contribution in [0, 0.1) is 11.7 Å². The van der Waals surface area contributed by atoms with Crippen molar-refractivity contribution < 1.29 is 27.2 Å². The van der Waals surface area contributed by atoms with Crippen LogP contribution in [0.1, 0.15) is 44.3 Å². The highest BCUT2D eigenvalue weighted by molar-refractivity contribution is 6.09. The number of hydrogen-bond donors (Lipinski definition) is 2. The normalized spacial score (nSPS) is 17.6. The van der Waals surface area contributed by atoms with Crippen molar-refractivity contribution >= 4 is 28.9 Å². The van der Waals surface area contributed by atoms with Crippen LogP contribution in [-0.2, 0) is 12.7 Å². The van der Waals surface area contributed by atoms with Crippen LogP contribution < -0.4 is 21.1 Å². The molecule has 2 aliphatic rings. The van der Waals surface area contributed by atoms with Crippen LogP contribution in [0.5, 0.6) is 0 Å². The number of alkyl halides is 3. The molecule has 0 spiro atoms. The van der Waals surface area contributed by atoms with Gasteiger partial charge in [-0.15, -0.1) is 0 Å². The van der Waals surface area contributed by atoms with Crippen LogP contribution >= 0.6 is 0 Å². The van der Waals surface area contributed by atoms with Gasteiger partial charge in [-0.2, -0.15) is 13.2 Å². The van der Waals surface area contributed by atoms with E-state index in [1.165, 1.54) is 36.4 Å². The molecule has 4 aromatic rings. The highest BCUT2D eigenvalue weighted by Crippen LogP contribution is 2.39. The van der Waals surface area contributed by atoms with Gasteiger partial charge in [0.05, 0.1) is 22.6 Å². The third kappa shape index (κ3) is 5.75. The van der Waals surface area contributed by atoms with E-state index in [9.17, 15) is 31.9 Å². The third-order valence-electron chi connectivity index (χ3n) is 7.90. The van der Waals surface area contributed by atoms with E-state index in [0.29, 0.717) is 25.3 Å². The second-order valence-electron chi connectivity index (χ2n) is 10.8. The van der Waals surface area contributed by atoms with Crippen molar-refractivity contribution in [3.8, 4) is 0 Å². The molecule has 3 aromatic carbocycles. The lowest BCUT2D eigenvalue weighted by Crippen LogP contribution is -2.47. The van der Waals surface area contributed by atoms with E-state index in [2.05, 4.69) is 15.5 Å². The maximum Gasteiger partial charge on any atom is 0.416 e. The van der Waals surface area contributed by atoms with Gasteiger partial charge in [0.2, 0.25) is 0 Å². The first kappa shape index (κ1) is 28.2. The summed E-state index contributed by atoms with van der Waals surface area (Å²) in [6, 6.07) is 19.6. The quantitative estimate of drug-likeness (QED) is 0.274. The molecule has 7 nitrogen and oxygen atoms in total. The SMILES string of the molecule is O=C(Nc1ccccc1F)c1ccc(N2C[C@H]3C[C@@H](C2)c2cccc(=O)n2C3)c(NC(=O)c2cccc(C(F)(F)F)c2)c1. The predicted octanol–water partition coefficient (Wildman–Crippen LogP) is 6.13. The summed E-state index contributed by atoms with van der Waals surface area (Å²) in [4.78, 5) is 40.9. The fraction of sp³-hybridized carbons (Fsp3) is 0.219. The number of nitrogens with zero attached hydrogens (tertiary/aromatic N) is 2. The number of benzene rings is 3. The first-order chi connectivity index (χ1) is 20.6. The molecule has 0 unspecified atom stereocenters. The Bertz CT molecular complexity index is 1790. The van der Waals surface area contributed by atoms with Crippen LogP contribution in [0.4, 0.5) is 34.6 Å². The zero-order chi connectivity index (χ0) is 30.3. The Morgan fingerprint density at radius 3 is 2.26 bits per heavy atom. The van der Waals surface area contributed by atoms with Crippen LogP contribution in [0.2, 0.25) is 0 Å². The molecule has 2 N–H and O–H groups in total. The van der Waals surface area contributed by atoms with Gasteiger partial charge in [-0.3, -0.25) is 14.4 Å². The second-order valence-corrected chi connectivity index (χ2v) is 10.8. The van der Waals surface area contributed by atoms with Crippen LogP contribution in [0.25, 0.3) is 0 Å². The summed E-state index contributed by atoms with van der Waals surface area (Å²) in [5, 5.41) is 5.22. The third-order valence-corrected chi connectivity index (χ3v) is 7.90. The molecule has 6 rings (SSSR count). The van der Waals surface area contributed by atoms with Crippen molar-refractivity contribution in [3.05, 3.63) is 123 Å². The van der Waals surface area contributed by atoms with E-state index >= 15 is 0 Å². The van der Waals surface area contributed by atoms with Gasteiger partial charge in [-0.25, -0.2) is 4.39 Å². The number of pyridine rings is 1. The summed E-state index contributed by atoms with van der Waals surface area (Å²) in [6.45, 7) is 1.62. The molecule has 0 aliphatic carbocycles. The molecule has 0 saturated carbocycles. The molecule has 1 saturated heterocycles. The largest absolute Gasteiger partial charge is 0.416 e. The van der Waals surface area contributed by atoms with Crippen molar-refractivity contribution in [2.24, 2.45) is 5.92 Å². The van der Waals surface area contributed by atoms with E-state index in [1.54, 1.807) is 28.8 Å². The molecule has 11 heteroatoms. The molecular weight excluding hydrogens is 564 g/mol. The van der Waals surface area contributed by atoms with Gasteiger partial charge in [-0.1, -0.05) is 24.3 Å². The molecule has 2 amide bonds. The smallest absolute Gasteiger partial charge is 0.369 e. The number of aromatic nitrogens is 1. The lowest BCUT2D eigenvalue weighted by atomic mass is 9.83. The Morgan fingerprint density at radius 2 is 1.49 bits per heavy atom. The molecule has 2 aliphatic heterocycles. The number of piperidine rings is 1. The first-order valence-electron chi connectivity index (χ1n) is 13.7. The first-order valence-corrected chi connectivity index (χ1v) is 13.7. The van der Waals surface area contributed by atoms with E-state index in [0.717, 1.165) is 30.3 Å². The molecule has 0 radical (unpaired) electrons. The van der Waals surface area contributed by atoms with Gasteiger partial charge in [0.25, 0.3) is 17.4 Å². The predicted molar refractivity (Wildman–Crippen MR) is 154 cm³/mol. The highest BCUT2D eigenvalue weighted by atomic mass is 19.4. The van der Waals surface area contributed by atoms with Gasteiger partial charge in [0.1, 0.15) is 5.82 Å². The Balaban J connectivity index is 1.34. The van der Waals surface area contributed by atoms with Crippen LogP contribution in [0.15, 0.2) is 89.7 Å². The van der Waals surface area contributed by atoms with Gasteiger partial charge >= 0.3 is 6.18 Å². The Hall–Kier alpha value is -4.93. The monoisotopic (exact) mass is 590 g/mol. The highest BCUT2D eigenvalue weighted by Gasteiger charge is 2.36. The summed E-state index contributed by atoms with van der Waals surface area (Å²) in [7, 11) is 0. The number of halogens is 4. The molecule has 3 heterocycles. The minimum Gasteiger partial charge on any atom is -0.369 e. The van der Waals surface area contributed by atoms with Gasteiger partial charge in [0, 0.05) is 48.4 Å². The number of fused-ring (bicyclic) bond motifs is 4. The summed E-state index contributed by atoms with van der Waals surface area (Å²) in [5.41, 5.74) is 0.577. The van der Waals surface area contributed by atoms with Crippen molar-refractivity contribution in [2.45, 2.75) is 25.1 Å². The fourth-order valence-corrected chi connectivity index (χ4v) is 5.93. The number of hydrogen-bond acceptors (Lipinski definition) is 4. The number of carbonyl (C=O) groups is 2.